The lowest BCUT2D eigenvalue weighted by atomic mass is 9.94. The summed E-state index contributed by atoms with van der Waals surface area (Å²) in [6.45, 7) is 8.46. The molecule has 0 aliphatic rings. The normalized spacial score (nSPS) is 11.7. The van der Waals surface area contributed by atoms with Crippen molar-refractivity contribution >= 4 is 0 Å². The minimum atomic E-state index is 0.496. The molecule has 6 nitrogen and oxygen atoms in total. The zero-order chi connectivity index (χ0) is 31.6. The SMILES string of the molecule is CCCCCCCCCCCCCCC(CCCCCCCCCCCCCC)Cn1cc(COCCOCCOC)nn1. The molecule has 0 amide bonds. The van der Waals surface area contributed by atoms with Gasteiger partial charge in [0.25, 0.3) is 0 Å². The molecule has 260 valence electrons. The molecule has 0 N–H and O–H groups in total. The molecule has 0 aromatic carbocycles. The van der Waals surface area contributed by atoms with Gasteiger partial charge in [0.1, 0.15) is 5.69 Å². The third-order valence-electron chi connectivity index (χ3n) is 9.02. The second-order valence-electron chi connectivity index (χ2n) is 13.3. The number of rotatable bonds is 36. The van der Waals surface area contributed by atoms with Gasteiger partial charge in [-0.1, -0.05) is 173 Å². The Morgan fingerprint density at radius 2 is 0.955 bits per heavy atom. The van der Waals surface area contributed by atoms with Crippen molar-refractivity contribution in [3.8, 4) is 0 Å². The molecular formula is C38H75N3O3. The highest BCUT2D eigenvalue weighted by atomic mass is 16.5. The van der Waals surface area contributed by atoms with Crippen LogP contribution < -0.4 is 0 Å². The monoisotopic (exact) mass is 622 g/mol. The summed E-state index contributed by atoms with van der Waals surface area (Å²) in [5, 5.41) is 8.83. The van der Waals surface area contributed by atoms with Crippen LogP contribution in [0, 0.1) is 5.92 Å². The molecule has 0 atom stereocenters. The first-order valence-electron chi connectivity index (χ1n) is 19.3. The lowest BCUT2D eigenvalue weighted by Crippen LogP contribution is -2.12. The van der Waals surface area contributed by atoms with Crippen LogP contribution in [0.2, 0.25) is 0 Å². The van der Waals surface area contributed by atoms with Gasteiger partial charge in [-0.05, 0) is 18.8 Å². The van der Waals surface area contributed by atoms with Gasteiger partial charge in [0.15, 0.2) is 0 Å². The van der Waals surface area contributed by atoms with Crippen molar-refractivity contribution in [3.63, 3.8) is 0 Å². The van der Waals surface area contributed by atoms with Gasteiger partial charge in [0.2, 0.25) is 0 Å². The summed E-state index contributed by atoms with van der Waals surface area (Å²) in [6, 6.07) is 0. The second-order valence-corrected chi connectivity index (χ2v) is 13.3. The van der Waals surface area contributed by atoms with Crippen molar-refractivity contribution in [1.29, 1.82) is 0 Å². The largest absolute Gasteiger partial charge is 0.382 e. The molecule has 0 fully saturated rings. The maximum atomic E-state index is 5.73. The molecule has 0 bridgehead atoms. The fourth-order valence-corrected chi connectivity index (χ4v) is 6.17. The van der Waals surface area contributed by atoms with E-state index in [-0.39, 0.29) is 0 Å². The second kappa shape index (κ2) is 33.4. The Morgan fingerprint density at radius 1 is 0.545 bits per heavy atom. The number of hydrogen-bond donors (Lipinski definition) is 0. The van der Waals surface area contributed by atoms with E-state index in [9.17, 15) is 0 Å². The maximum absolute atomic E-state index is 5.73. The number of unbranched alkanes of at least 4 members (excludes halogenated alkanes) is 22. The molecule has 1 heterocycles. The Kier molecular flexibility index (Phi) is 31.1. The molecule has 0 saturated heterocycles. The highest BCUT2D eigenvalue weighted by Gasteiger charge is 2.12. The zero-order valence-electron chi connectivity index (χ0n) is 29.8. The molecule has 0 unspecified atom stereocenters. The average molecular weight is 622 g/mol. The van der Waals surface area contributed by atoms with E-state index in [1.54, 1.807) is 7.11 Å². The quantitative estimate of drug-likeness (QED) is 0.0698. The Labute approximate surface area is 274 Å². The molecule has 0 saturated carbocycles. The zero-order valence-corrected chi connectivity index (χ0v) is 29.8. The molecule has 0 radical (unpaired) electrons. The average Bonchev–Trinajstić information content (AvgIpc) is 3.48. The van der Waals surface area contributed by atoms with E-state index in [0.29, 0.717) is 39.0 Å². The molecule has 1 aromatic heterocycles. The first kappa shape index (κ1) is 41.0. The molecule has 0 spiro atoms. The third-order valence-corrected chi connectivity index (χ3v) is 9.02. The van der Waals surface area contributed by atoms with Crippen LogP contribution in [0.1, 0.15) is 186 Å². The van der Waals surface area contributed by atoms with Crippen LogP contribution in [0.5, 0.6) is 0 Å². The van der Waals surface area contributed by atoms with Crippen LogP contribution in [0.3, 0.4) is 0 Å². The predicted molar refractivity (Wildman–Crippen MR) is 187 cm³/mol. The smallest absolute Gasteiger partial charge is 0.108 e. The first-order valence-corrected chi connectivity index (χ1v) is 19.3. The van der Waals surface area contributed by atoms with Crippen LogP contribution in [0.15, 0.2) is 6.20 Å². The van der Waals surface area contributed by atoms with E-state index in [1.165, 1.54) is 167 Å². The summed E-state index contributed by atoms with van der Waals surface area (Å²) in [5.74, 6) is 0.700. The topological polar surface area (TPSA) is 58.4 Å². The van der Waals surface area contributed by atoms with E-state index < -0.39 is 0 Å². The van der Waals surface area contributed by atoms with Crippen molar-refractivity contribution in [2.75, 3.05) is 33.5 Å². The van der Waals surface area contributed by atoms with Crippen LogP contribution in [0.4, 0.5) is 0 Å². The molecule has 44 heavy (non-hydrogen) atoms. The molecule has 1 rings (SSSR count). The van der Waals surface area contributed by atoms with Gasteiger partial charge >= 0.3 is 0 Å². The summed E-state index contributed by atoms with van der Waals surface area (Å²) >= 11 is 0. The van der Waals surface area contributed by atoms with Gasteiger partial charge in [0, 0.05) is 13.7 Å². The summed E-state index contributed by atoms with van der Waals surface area (Å²) in [6.07, 6.45) is 38.6. The highest BCUT2D eigenvalue weighted by Crippen LogP contribution is 2.22. The van der Waals surface area contributed by atoms with Gasteiger partial charge in [-0.15, -0.1) is 5.10 Å². The van der Waals surface area contributed by atoms with Crippen LogP contribution >= 0.6 is 0 Å². The fraction of sp³-hybridized carbons (Fsp3) is 0.947. The third kappa shape index (κ3) is 27.3. The summed E-state index contributed by atoms with van der Waals surface area (Å²) in [7, 11) is 1.69. The maximum Gasteiger partial charge on any atom is 0.108 e. The number of methoxy groups -OCH3 is 1. The lowest BCUT2D eigenvalue weighted by Gasteiger charge is -2.17. The summed E-state index contributed by atoms with van der Waals surface area (Å²) in [4.78, 5) is 0. The van der Waals surface area contributed by atoms with Crippen molar-refractivity contribution in [1.82, 2.24) is 15.0 Å². The van der Waals surface area contributed by atoms with Crippen molar-refractivity contribution in [2.45, 2.75) is 194 Å². The number of aromatic nitrogens is 3. The lowest BCUT2D eigenvalue weighted by molar-refractivity contribution is 0.0192. The van der Waals surface area contributed by atoms with E-state index in [1.807, 2.05) is 0 Å². The Hall–Kier alpha value is -0.980. The van der Waals surface area contributed by atoms with Gasteiger partial charge in [-0.3, -0.25) is 4.68 Å². The van der Waals surface area contributed by atoms with E-state index in [4.69, 9.17) is 14.2 Å². The van der Waals surface area contributed by atoms with Gasteiger partial charge < -0.3 is 14.2 Å². The van der Waals surface area contributed by atoms with E-state index in [0.717, 1.165) is 12.2 Å². The first-order chi connectivity index (χ1) is 21.8. The molecule has 6 heteroatoms. The van der Waals surface area contributed by atoms with E-state index >= 15 is 0 Å². The Morgan fingerprint density at radius 3 is 1.41 bits per heavy atom. The van der Waals surface area contributed by atoms with Crippen LogP contribution in [0.25, 0.3) is 0 Å². The van der Waals surface area contributed by atoms with Gasteiger partial charge in [-0.2, -0.15) is 0 Å². The summed E-state index contributed by atoms with van der Waals surface area (Å²) in [5.41, 5.74) is 0.913. The standard InChI is InChI=1S/C38H75N3O3/c1-4-6-8-10-12-14-16-18-20-22-24-26-28-37(29-27-25-23-21-19-17-15-13-11-9-7-5-2)34-41-35-38(39-40-41)36-44-33-32-43-31-30-42-3/h35,37H,4-34,36H2,1-3H3. The van der Waals surface area contributed by atoms with E-state index in [2.05, 4.69) is 35.0 Å². The summed E-state index contributed by atoms with van der Waals surface area (Å²) < 4.78 is 18.3. The molecule has 0 aliphatic heterocycles. The fourth-order valence-electron chi connectivity index (χ4n) is 6.17. The van der Waals surface area contributed by atoms with Crippen molar-refractivity contribution < 1.29 is 14.2 Å². The van der Waals surface area contributed by atoms with Gasteiger partial charge in [0.05, 0.1) is 39.2 Å². The number of ether oxygens (including phenoxy) is 3. The minimum absolute atomic E-state index is 0.496. The Balaban J connectivity index is 2.26. The van der Waals surface area contributed by atoms with Crippen molar-refractivity contribution in [2.24, 2.45) is 5.92 Å². The van der Waals surface area contributed by atoms with Crippen molar-refractivity contribution in [3.05, 3.63) is 11.9 Å². The molecule has 0 aliphatic carbocycles. The van der Waals surface area contributed by atoms with Crippen LogP contribution in [-0.4, -0.2) is 48.5 Å². The Bertz CT molecular complexity index is 656. The number of hydrogen-bond acceptors (Lipinski definition) is 5. The number of nitrogens with zero attached hydrogens (tertiary/aromatic N) is 3. The molecular weight excluding hydrogens is 546 g/mol. The minimum Gasteiger partial charge on any atom is -0.382 e. The van der Waals surface area contributed by atoms with Crippen LogP contribution in [-0.2, 0) is 27.4 Å². The van der Waals surface area contributed by atoms with Gasteiger partial charge in [-0.25, -0.2) is 0 Å². The molecule has 1 aromatic rings. The predicted octanol–water partition coefficient (Wildman–Crippen LogP) is 11.3. The highest BCUT2D eigenvalue weighted by molar-refractivity contribution is 4.89.